The average molecular weight is 589 g/mol. The highest BCUT2D eigenvalue weighted by atomic mass is 32.2. The zero-order valence-electron chi connectivity index (χ0n) is 21.0. The molecule has 41 heavy (non-hydrogen) atoms. The zero-order chi connectivity index (χ0) is 28.8. The Labute approximate surface area is 240 Å². The van der Waals surface area contributed by atoms with E-state index in [0.29, 0.717) is 15.6 Å². The molecule has 0 saturated carbocycles. The minimum absolute atomic E-state index is 0.0441. The third kappa shape index (κ3) is 4.68. The number of non-ortho nitro benzene ring substituents is 1. The van der Waals surface area contributed by atoms with E-state index in [2.05, 4.69) is 5.32 Å². The number of amides is 3. The maximum Gasteiger partial charge on any atom is 0.308 e. The summed E-state index contributed by atoms with van der Waals surface area (Å²) in [5, 5.41) is 22.9. The molecule has 1 aromatic heterocycles. The minimum Gasteiger partial charge on any atom is -0.508 e. The number of imide groups is 1. The van der Waals surface area contributed by atoms with Gasteiger partial charge in [-0.1, -0.05) is 53.4 Å². The maximum atomic E-state index is 13.9. The fourth-order valence-electron chi connectivity index (χ4n) is 5.14. The number of nitrogens with one attached hydrogen (secondary N) is 1. The Morgan fingerprint density at radius 3 is 2.29 bits per heavy atom. The van der Waals surface area contributed by atoms with Gasteiger partial charge < -0.3 is 10.4 Å². The van der Waals surface area contributed by atoms with Gasteiger partial charge >= 0.3 is 4.87 Å². The number of thiazole rings is 1. The highest BCUT2D eigenvalue weighted by Gasteiger charge is 2.56. The molecule has 13 heteroatoms. The standard InChI is InChI=1S/C28H20N4O7S2/c33-19-12-6-16(7-13-19)29-20(34)14-30-27-24(41-28(30)37)21(15-4-2-1-3-5-15)22-23(40-27)26(36)31(25(22)35)17-8-10-18(11-9-17)32(38)39/h1-13,21-23,33H,14H2,(H,29,34)/t21-,22-,23+/m0/s1. The lowest BCUT2D eigenvalue weighted by Gasteiger charge is -2.30. The number of thioether (sulfide) groups is 1. The second-order valence-corrected chi connectivity index (χ2v) is 11.6. The molecule has 2 N–H and O–H groups in total. The third-order valence-corrected chi connectivity index (χ3v) is 9.58. The van der Waals surface area contributed by atoms with Gasteiger partial charge in [-0.05, 0) is 42.0 Å². The van der Waals surface area contributed by atoms with Gasteiger partial charge in [-0.15, -0.1) is 0 Å². The van der Waals surface area contributed by atoms with Gasteiger partial charge in [-0.3, -0.25) is 33.9 Å². The second-order valence-electron chi connectivity index (χ2n) is 9.46. The van der Waals surface area contributed by atoms with E-state index in [1.807, 2.05) is 30.3 Å². The number of hydrogen-bond donors (Lipinski definition) is 2. The van der Waals surface area contributed by atoms with Crippen molar-refractivity contribution < 1.29 is 24.4 Å². The number of phenols is 1. The smallest absolute Gasteiger partial charge is 0.308 e. The van der Waals surface area contributed by atoms with Crippen molar-refractivity contribution in [2.45, 2.75) is 22.7 Å². The number of nitro groups is 1. The quantitative estimate of drug-likeness (QED) is 0.149. The van der Waals surface area contributed by atoms with E-state index < -0.39 is 44.6 Å². The summed E-state index contributed by atoms with van der Waals surface area (Å²) in [6, 6.07) is 20.2. The zero-order valence-corrected chi connectivity index (χ0v) is 22.6. The largest absolute Gasteiger partial charge is 0.508 e. The molecule has 3 heterocycles. The van der Waals surface area contributed by atoms with E-state index in [4.69, 9.17) is 0 Å². The van der Waals surface area contributed by atoms with Crippen LogP contribution >= 0.6 is 23.1 Å². The van der Waals surface area contributed by atoms with E-state index in [9.17, 15) is 34.4 Å². The molecule has 0 spiro atoms. The van der Waals surface area contributed by atoms with Gasteiger partial charge in [0.1, 0.15) is 17.5 Å². The van der Waals surface area contributed by atoms with Crippen molar-refractivity contribution in [3.05, 3.63) is 109 Å². The Morgan fingerprint density at radius 2 is 1.63 bits per heavy atom. The summed E-state index contributed by atoms with van der Waals surface area (Å²) in [5.74, 6) is -2.82. The van der Waals surface area contributed by atoms with Crippen LogP contribution in [0.25, 0.3) is 0 Å². The highest BCUT2D eigenvalue weighted by molar-refractivity contribution is 8.00. The molecule has 206 valence electrons. The van der Waals surface area contributed by atoms with Gasteiger partial charge in [-0.25, -0.2) is 4.90 Å². The lowest BCUT2D eigenvalue weighted by atomic mass is 9.83. The van der Waals surface area contributed by atoms with Crippen LogP contribution in [-0.4, -0.2) is 37.6 Å². The van der Waals surface area contributed by atoms with Crippen LogP contribution in [-0.2, 0) is 20.9 Å². The van der Waals surface area contributed by atoms with Crippen LogP contribution in [0.3, 0.4) is 0 Å². The molecule has 0 unspecified atom stereocenters. The van der Waals surface area contributed by atoms with Crippen molar-refractivity contribution >= 4 is 57.9 Å². The van der Waals surface area contributed by atoms with Crippen LogP contribution in [0.4, 0.5) is 17.1 Å². The molecule has 4 aromatic rings. The molecule has 2 aliphatic rings. The number of hydrogen-bond acceptors (Lipinski definition) is 9. The van der Waals surface area contributed by atoms with Crippen molar-refractivity contribution in [2.24, 2.45) is 5.92 Å². The number of fused-ring (bicyclic) bond motifs is 2. The van der Waals surface area contributed by atoms with E-state index in [0.717, 1.165) is 33.6 Å². The van der Waals surface area contributed by atoms with E-state index >= 15 is 0 Å². The van der Waals surface area contributed by atoms with Crippen molar-refractivity contribution in [2.75, 3.05) is 10.2 Å². The third-order valence-electron chi connectivity index (χ3n) is 6.98. The first kappa shape index (κ1) is 26.5. The fourth-order valence-corrected chi connectivity index (χ4v) is 7.91. The molecule has 3 amide bonds. The fraction of sp³-hybridized carbons (Fsp3) is 0.143. The number of carbonyl (C=O) groups excluding carboxylic acids is 3. The van der Waals surface area contributed by atoms with Crippen molar-refractivity contribution in [1.82, 2.24) is 4.57 Å². The SMILES string of the molecule is O=C(Cn1c2c(sc1=O)[C@@H](c1ccccc1)[C@@H]1C(=O)N(c3ccc([N+](=O)[O-])cc3)C(=O)[C@@H]1S2)Nc1ccc(O)cc1. The minimum atomic E-state index is -0.879. The van der Waals surface area contributed by atoms with E-state index in [1.54, 1.807) is 0 Å². The molecule has 1 saturated heterocycles. The van der Waals surface area contributed by atoms with Gasteiger partial charge in [0.2, 0.25) is 17.7 Å². The van der Waals surface area contributed by atoms with Crippen molar-refractivity contribution in [3.63, 3.8) is 0 Å². The van der Waals surface area contributed by atoms with E-state index in [1.165, 1.54) is 53.1 Å². The summed E-state index contributed by atoms with van der Waals surface area (Å²) in [6.07, 6.45) is 0. The first-order chi connectivity index (χ1) is 19.7. The molecule has 0 aliphatic carbocycles. The normalized spacial score (nSPS) is 19.5. The first-order valence-electron chi connectivity index (χ1n) is 12.4. The maximum absolute atomic E-state index is 13.9. The Morgan fingerprint density at radius 1 is 0.951 bits per heavy atom. The molecule has 0 bridgehead atoms. The Balaban J connectivity index is 1.38. The van der Waals surface area contributed by atoms with Gasteiger partial charge in [-0.2, -0.15) is 0 Å². The van der Waals surface area contributed by atoms with Gasteiger partial charge in [0.15, 0.2) is 0 Å². The number of nitrogens with zero attached hydrogens (tertiary/aromatic N) is 3. The van der Waals surface area contributed by atoms with Crippen LogP contribution in [0.2, 0.25) is 0 Å². The Hall–Kier alpha value is -4.75. The second kappa shape index (κ2) is 10.3. The predicted molar refractivity (Wildman–Crippen MR) is 152 cm³/mol. The van der Waals surface area contributed by atoms with Crippen LogP contribution < -0.4 is 15.1 Å². The first-order valence-corrected chi connectivity index (χ1v) is 14.1. The molecule has 3 atom stereocenters. The number of benzene rings is 3. The van der Waals surface area contributed by atoms with Crippen molar-refractivity contribution in [1.29, 1.82) is 0 Å². The topological polar surface area (TPSA) is 152 Å². The summed E-state index contributed by atoms with van der Waals surface area (Å²) in [7, 11) is 0. The Kier molecular flexibility index (Phi) is 6.67. The monoisotopic (exact) mass is 588 g/mol. The molecule has 1 fully saturated rings. The lowest BCUT2D eigenvalue weighted by molar-refractivity contribution is -0.384. The van der Waals surface area contributed by atoms with Crippen LogP contribution in [0.1, 0.15) is 16.4 Å². The molecule has 2 aliphatic heterocycles. The molecule has 0 radical (unpaired) electrons. The van der Waals surface area contributed by atoms with Crippen LogP contribution in [0.15, 0.2) is 88.7 Å². The number of anilines is 2. The van der Waals surface area contributed by atoms with Crippen molar-refractivity contribution in [3.8, 4) is 5.75 Å². The Bertz CT molecular complexity index is 1750. The average Bonchev–Trinajstić information content (AvgIpc) is 3.40. The molecule has 11 nitrogen and oxygen atoms in total. The number of aromatic nitrogens is 1. The lowest BCUT2D eigenvalue weighted by Crippen LogP contribution is -2.33. The number of aromatic hydroxyl groups is 1. The van der Waals surface area contributed by atoms with Crippen LogP contribution in [0, 0.1) is 16.0 Å². The summed E-state index contributed by atoms with van der Waals surface area (Å²) in [6.45, 7) is -0.314. The van der Waals surface area contributed by atoms with Gasteiger partial charge in [0, 0.05) is 28.6 Å². The number of rotatable bonds is 6. The van der Waals surface area contributed by atoms with Crippen LogP contribution in [0.5, 0.6) is 5.75 Å². The summed E-state index contributed by atoms with van der Waals surface area (Å²) < 4.78 is 1.32. The predicted octanol–water partition coefficient (Wildman–Crippen LogP) is 3.96. The van der Waals surface area contributed by atoms with E-state index in [-0.39, 0.29) is 23.7 Å². The number of carbonyl (C=O) groups is 3. The number of phenolic OH excluding ortho intramolecular Hbond substituents is 1. The summed E-state index contributed by atoms with van der Waals surface area (Å²) >= 11 is 2.02. The molecule has 6 rings (SSSR count). The highest BCUT2D eigenvalue weighted by Crippen LogP contribution is 2.53. The number of nitro benzene ring substituents is 1. The molecule has 3 aromatic carbocycles. The molecular weight excluding hydrogens is 568 g/mol. The molecular formula is C28H20N4O7S2. The van der Waals surface area contributed by atoms with Gasteiger partial charge in [0.05, 0.1) is 21.6 Å². The summed E-state index contributed by atoms with van der Waals surface area (Å²) in [4.78, 5) is 65.5. The van der Waals surface area contributed by atoms with Gasteiger partial charge in [0.25, 0.3) is 5.69 Å². The summed E-state index contributed by atoms with van der Waals surface area (Å²) in [5.41, 5.74) is 1.24.